The van der Waals surface area contributed by atoms with E-state index in [-0.39, 0.29) is 11.7 Å². The van der Waals surface area contributed by atoms with Gasteiger partial charge >= 0.3 is 5.97 Å². The van der Waals surface area contributed by atoms with Gasteiger partial charge in [0.05, 0.1) is 6.04 Å². The normalized spacial score (nSPS) is 15.2. The molecule has 1 aromatic rings. The van der Waals surface area contributed by atoms with Crippen LogP contribution >= 0.6 is 0 Å². The number of nitrogens with one attached hydrogen (secondary N) is 1. The van der Waals surface area contributed by atoms with Crippen LogP contribution in [0.15, 0.2) is 24.3 Å². The first kappa shape index (κ1) is 17.2. The highest BCUT2D eigenvalue weighted by Crippen LogP contribution is 2.14. The Morgan fingerprint density at radius 1 is 1.19 bits per heavy atom. The minimum atomic E-state index is -0.923. The van der Waals surface area contributed by atoms with Crippen molar-refractivity contribution in [3.8, 4) is 0 Å². The van der Waals surface area contributed by atoms with Crippen LogP contribution in [0.2, 0.25) is 0 Å². The minimum absolute atomic E-state index is 0.0456. The summed E-state index contributed by atoms with van der Waals surface area (Å²) in [5.74, 6) is -1.07. The Kier molecular flexibility index (Phi) is 6.37. The maximum atomic E-state index is 12.5. The zero-order valence-corrected chi connectivity index (χ0v) is 12.8. The zero-order valence-electron chi connectivity index (χ0n) is 12.8. The first-order chi connectivity index (χ1) is 9.90. The molecule has 0 aromatic heterocycles. The molecule has 1 rings (SSSR count). The van der Waals surface area contributed by atoms with Crippen LogP contribution in [0.4, 0.5) is 5.69 Å². The summed E-state index contributed by atoms with van der Waals surface area (Å²) in [6.45, 7) is 5.67. The molecular weight excluding hydrogens is 268 g/mol. The van der Waals surface area contributed by atoms with Crippen molar-refractivity contribution in [1.82, 2.24) is 5.32 Å². The zero-order chi connectivity index (χ0) is 16.0. The van der Waals surface area contributed by atoms with Crippen LogP contribution in [0, 0.1) is 5.92 Å². The van der Waals surface area contributed by atoms with Gasteiger partial charge in [-0.1, -0.05) is 27.2 Å². The Hall–Kier alpha value is -1.88. The molecule has 0 saturated carbocycles. The largest absolute Gasteiger partial charge is 0.480 e. The monoisotopic (exact) mass is 292 g/mol. The highest BCUT2D eigenvalue weighted by atomic mass is 16.4. The maximum absolute atomic E-state index is 12.5. The second kappa shape index (κ2) is 7.78. The molecule has 0 aliphatic rings. The average molecular weight is 292 g/mol. The van der Waals surface area contributed by atoms with E-state index in [0.29, 0.717) is 17.7 Å². The molecule has 0 spiro atoms. The topological polar surface area (TPSA) is 92.4 Å². The number of hydrogen-bond acceptors (Lipinski definition) is 4. The molecule has 0 radical (unpaired) electrons. The number of hydrogen-bond donors (Lipinski definition) is 3. The molecule has 4 N–H and O–H groups in total. The fourth-order valence-electron chi connectivity index (χ4n) is 2.16. The Bertz CT molecular complexity index is 485. The first-order valence-electron chi connectivity index (χ1n) is 7.29. The molecule has 0 fully saturated rings. The van der Waals surface area contributed by atoms with E-state index in [9.17, 15) is 14.7 Å². The van der Waals surface area contributed by atoms with Crippen LogP contribution in [-0.4, -0.2) is 28.9 Å². The predicted octanol–water partition coefficient (Wildman–Crippen LogP) is 2.32. The third-order valence-corrected chi connectivity index (χ3v) is 3.78. The number of benzene rings is 1. The molecule has 0 aliphatic heterocycles. The molecule has 5 heteroatoms. The predicted molar refractivity (Wildman–Crippen MR) is 83.3 cm³/mol. The van der Waals surface area contributed by atoms with E-state index < -0.39 is 18.1 Å². The summed E-state index contributed by atoms with van der Waals surface area (Å²) in [4.78, 5) is 23.8. The maximum Gasteiger partial charge on any atom is 0.320 e. The van der Waals surface area contributed by atoms with Gasteiger partial charge in [-0.3, -0.25) is 14.9 Å². The summed E-state index contributed by atoms with van der Waals surface area (Å²) in [5.41, 5.74) is 6.74. The van der Waals surface area contributed by atoms with Gasteiger partial charge in [0, 0.05) is 11.3 Å². The van der Waals surface area contributed by atoms with Crippen molar-refractivity contribution in [3.63, 3.8) is 0 Å². The summed E-state index contributed by atoms with van der Waals surface area (Å²) in [5, 5.41) is 12.3. The molecule has 5 nitrogen and oxygen atoms in total. The van der Waals surface area contributed by atoms with Crippen molar-refractivity contribution < 1.29 is 14.7 Å². The number of carboxylic acids is 1. The molecule has 116 valence electrons. The number of anilines is 1. The third-order valence-electron chi connectivity index (χ3n) is 3.78. The Morgan fingerprint density at radius 3 is 2.19 bits per heavy atom. The molecular formula is C16H24N2O3. The van der Waals surface area contributed by atoms with E-state index >= 15 is 0 Å². The van der Waals surface area contributed by atoms with Crippen LogP contribution < -0.4 is 11.1 Å². The smallest absolute Gasteiger partial charge is 0.320 e. The Labute approximate surface area is 125 Å². The van der Waals surface area contributed by atoms with Gasteiger partial charge in [-0.15, -0.1) is 0 Å². The Balaban J connectivity index is 2.88. The highest BCUT2D eigenvalue weighted by Gasteiger charge is 2.28. The molecule has 0 heterocycles. The Morgan fingerprint density at radius 2 is 1.76 bits per heavy atom. The number of carbonyl (C=O) groups excluding carboxylic acids is 1. The fourth-order valence-corrected chi connectivity index (χ4v) is 2.16. The highest BCUT2D eigenvalue weighted by molar-refractivity contribution is 6.00. The average Bonchev–Trinajstić information content (AvgIpc) is 2.47. The van der Waals surface area contributed by atoms with Gasteiger partial charge in [-0.2, -0.15) is 0 Å². The van der Waals surface area contributed by atoms with E-state index in [0.717, 1.165) is 6.42 Å². The quantitative estimate of drug-likeness (QED) is 0.505. The van der Waals surface area contributed by atoms with Gasteiger partial charge in [0.25, 0.3) is 0 Å². The second-order valence-corrected chi connectivity index (χ2v) is 5.32. The van der Waals surface area contributed by atoms with Gasteiger partial charge in [0.2, 0.25) is 0 Å². The van der Waals surface area contributed by atoms with E-state index in [1.807, 2.05) is 20.8 Å². The molecule has 0 amide bonds. The SMILES string of the molecule is CCC(NC(C(=O)O)C(C)CC)C(=O)c1ccc(N)cc1. The summed E-state index contributed by atoms with van der Waals surface area (Å²) in [7, 11) is 0. The van der Waals surface area contributed by atoms with Crippen molar-refractivity contribution in [2.75, 3.05) is 5.73 Å². The lowest BCUT2D eigenvalue weighted by Crippen LogP contribution is -2.49. The number of ketones is 1. The first-order valence-corrected chi connectivity index (χ1v) is 7.29. The summed E-state index contributed by atoms with van der Waals surface area (Å²) in [6.07, 6.45) is 1.26. The van der Waals surface area contributed by atoms with Crippen LogP contribution in [0.5, 0.6) is 0 Å². The molecule has 3 unspecified atom stereocenters. The van der Waals surface area contributed by atoms with Crippen LogP contribution in [0.25, 0.3) is 0 Å². The summed E-state index contributed by atoms with van der Waals surface area (Å²) >= 11 is 0. The standard InChI is InChI=1S/C16H24N2O3/c1-4-10(3)14(16(20)21)18-13(5-2)15(19)11-6-8-12(17)9-7-11/h6-10,13-14,18H,4-5,17H2,1-3H3,(H,20,21). The molecule has 3 atom stereocenters. The van der Waals surface area contributed by atoms with Gasteiger partial charge in [-0.05, 0) is 36.6 Å². The molecule has 0 saturated heterocycles. The number of Topliss-reactive ketones (excluding diaryl/α,β-unsaturated/α-hetero) is 1. The van der Waals surface area contributed by atoms with Gasteiger partial charge in [0.1, 0.15) is 6.04 Å². The molecule has 0 bridgehead atoms. The van der Waals surface area contributed by atoms with Gasteiger partial charge in [-0.25, -0.2) is 0 Å². The number of nitrogen functional groups attached to an aromatic ring is 1. The fraction of sp³-hybridized carbons (Fsp3) is 0.500. The molecule has 0 aliphatic carbocycles. The second-order valence-electron chi connectivity index (χ2n) is 5.32. The van der Waals surface area contributed by atoms with Crippen molar-refractivity contribution in [1.29, 1.82) is 0 Å². The van der Waals surface area contributed by atoms with Crippen molar-refractivity contribution in [3.05, 3.63) is 29.8 Å². The lowest BCUT2D eigenvalue weighted by molar-refractivity contribution is -0.141. The van der Waals surface area contributed by atoms with Crippen LogP contribution in [0.3, 0.4) is 0 Å². The van der Waals surface area contributed by atoms with Crippen LogP contribution in [-0.2, 0) is 4.79 Å². The number of carboxylic acid groups (broad SMARTS) is 1. The van der Waals surface area contributed by atoms with E-state index in [2.05, 4.69) is 5.32 Å². The number of aliphatic carboxylic acids is 1. The van der Waals surface area contributed by atoms with Crippen LogP contribution in [0.1, 0.15) is 44.0 Å². The summed E-state index contributed by atoms with van der Waals surface area (Å²) in [6, 6.07) is 5.44. The summed E-state index contributed by atoms with van der Waals surface area (Å²) < 4.78 is 0. The third kappa shape index (κ3) is 4.56. The van der Waals surface area contributed by atoms with Crippen molar-refractivity contribution in [2.45, 2.75) is 45.7 Å². The number of rotatable bonds is 8. The lowest BCUT2D eigenvalue weighted by Gasteiger charge is -2.25. The minimum Gasteiger partial charge on any atom is -0.480 e. The molecule has 1 aromatic carbocycles. The van der Waals surface area contributed by atoms with Gasteiger partial charge < -0.3 is 10.8 Å². The van der Waals surface area contributed by atoms with E-state index in [4.69, 9.17) is 5.73 Å². The van der Waals surface area contributed by atoms with Crippen molar-refractivity contribution in [2.24, 2.45) is 5.92 Å². The van der Waals surface area contributed by atoms with E-state index in [1.165, 1.54) is 0 Å². The molecule has 21 heavy (non-hydrogen) atoms. The van der Waals surface area contributed by atoms with Gasteiger partial charge in [0.15, 0.2) is 5.78 Å². The number of nitrogens with two attached hydrogens (primary N) is 1. The lowest BCUT2D eigenvalue weighted by atomic mass is 9.95. The van der Waals surface area contributed by atoms with Crippen molar-refractivity contribution >= 4 is 17.4 Å². The van der Waals surface area contributed by atoms with E-state index in [1.54, 1.807) is 24.3 Å². The number of carbonyl (C=O) groups is 2.